The number of hydrogen-bond acceptors (Lipinski definition) is 6. The summed E-state index contributed by atoms with van der Waals surface area (Å²) in [4.78, 5) is 16.5. The molecule has 4 rings (SSSR count). The van der Waals surface area contributed by atoms with Gasteiger partial charge in [0.05, 0.1) is 16.3 Å². The maximum atomic E-state index is 11.9. The van der Waals surface area contributed by atoms with E-state index in [1.54, 1.807) is 0 Å². The molecule has 0 aliphatic heterocycles. The highest BCUT2D eigenvalue weighted by molar-refractivity contribution is 7.09. The number of thiazole rings is 1. The number of hydrogen-bond donors (Lipinski definition) is 2. The summed E-state index contributed by atoms with van der Waals surface area (Å²) >= 11 is 1.53. The number of phenols is 1. The topological polar surface area (TPSA) is 75.4 Å². The highest BCUT2D eigenvalue weighted by Gasteiger charge is 2.19. The molecule has 4 aromatic rings. The molecule has 0 radical (unpaired) electrons. The summed E-state index contributed by atoms with van der Waals surface area (Å²) in [5.74, 6) is 0.0899. The van der Waals surface area contributed by atoms with E-state index in [-0.39, 0.29) is 5.75 Å². The van der Waals surface area contributed by atoms with Gasteiger partial charge in [0.25, 0.3) is 0 Å². The quantitative estimate of drug-likeness (QED) is 0.488. The van der Waals surface area contributed by atoms with E-state index in [0.717, 1.165) is 27.2 Å². The molecule has 0 aliphatic rings. The lowest BCUT2D eigenvalue weighted by Crippen LogP contribution is -2.14. The average molecular weight is 392 g/mol. The number of rotatable bonds is 5. The van der Waals surface area contributed by atoms with Crippen LogP contribution in [0.4, 0.5) is 0 Å². The van der Waals surface area contributed by atoms with Crippen LogP contribution < -0.4 is 10.9 Å². The van der Waals surface area contributed by atoms with Gasteiger partial charge in [-0.2, -0.15) is 0 Å². The van der Waals surface area contributed by atoms with Crippen LogP contribution >= 0.6 is 11.3 Å². The molecule has 0 saturated carbocycles. The molecule has 28 heavy (non-hydrogen) atoms. The van der Waals surface area contributed by atoms with Gasteiger partial charge in [-0.3, -0.25) is 0 Å². The highest BCUT2D eigenvalue weighted by Crippen LogP contribution is 2.38. The molecule has 0 unspecified atom stereocenters. The standard InChI is InChI=1S/C22H20N2O3S/c1-13-8-20(25)27-22-16(13)9-17(19-12-28-14(2)24-19)21(26)18(22)11-23-10-15-6-4-3-5-7-15/h3-9,12,23,26H,10-11H2,1-2H3. The summed E-state index contributed by atoms with van der Waals surface area (Å²) < 4.78 is 5.48. The third kappa shape index (κ3) is 3.56. The predicted molar refractivity (Wildman–Crippen MR) is 112 cm³/mol. The van der Waals surface area contributed by atoms with Crippen molar-refractivity contribution in [2.75, 3.05) is 0 Å². The first-order chi connectivity index (χ1) is 13.5. The fourth-order valence-corrected chi connectivity index (χ4v) is 3.89. The van der Waals surface area contributed by atoms with Crippen LogP contribution in [0.5, 0.6) is 5.75 Å². The molecule has 0 amide bonds. The molecule has 5 nitrogen and oxygen atoms in total. The first-order valence-electron chi connectivity index (χ1n) is 8.99. The van der Waals surface area contributed by atoms with Crippen molar-refractivity contribution in [1.82, 2.24) is 10.3 Å². The zero-order valence-corrected chi connectivity index (χ0v) is 16.5. The monoisotopic (exact) mass is 392 g/mol. The molecule has 142 valence electrons. The third-order valence-electron chi connectivity index (χ3n) is 4.68. The number of benzene rings is 2. The van der Waals surface area contributed by atoms with Gasteiger partial charge in [-0.05, 0) is 31.0 Å². The van der Waals surface area contributed by atoms with E-state index in [0.29, 0.717) is 29.8 Å². The van der Waals surface area contributed by atoms with Crippen LogP contribution in [0, 0.1) is 13.8 Å². The number of fused-ring (bicyclic) bond motifs is 1. The fourth-order valence-electron chi connectivity index (χ4n) is 3.28. The molecular formula is C22H20N2O3S. The van der Waals surface area contributed by atoms with Gasteiger partial charge >= 0.3 is 5.63 Å². The van der Waals surface area contributed by atoms with Crippen molar-refractivity contribution in [2.24, 2.45) is 0 Å². The van der Waals surface area contributed by atoms with Gasteiger partial charge in [0.1, 0.15) is 11.3 Å². The molecule has 0 atom stereocenters. The lowest BCUT2D eigenvalue weighted by atomic mass is 9.99. The number of aryl methyl sites for hydroxylation is 2. The SMILES string of the molecule is Cc1nc(-c2cc3c(C)cc(=O)oc3c(CNCc3ccccc3)c2O)cs1. The van der Waals surface area contributed by atoms with Crippen LogP contribution in [0.3, 0.4) is 0 Å². The molecule has 2 aromatic carbocycles. The lowest BCUT2D eigenvalue weighted by molar-refractivity contribution is 0.462. The van der Waals surface area contributed by atoms with Crippen molar-refractivity contribution in [3.05, 3.63) is 80.0 Å². The van der Waals surface area contributed by atoms with Gasteiger partial charge in [0, 0.05) is 35.5 Å². The Hall–Kier alpha value is -2.96. The van der Waals surface area contributed by atoms with Crippen molar-refractivity contribution in [2.45, 2.75) is 26.9 Å². The van der Waals surface area contributed by atoms with Crippen LogP contribution in [0.25, 0.3) is 22.2 Å². The Labute approximate surface area is 166 Å². The van der Waals surface area contributed by atoms with Gasteiger partial charge in [0.2, 0.25) is 0 Å². The summed E-state index contributed by atoms with van der Waals surface area (Å²) in [7, 11) is 0. The second-order valence-electron chi connectivity index (χ2n) is 6.72. The largest absolute Gasteiger partial charge is 0.507 e. The normalized spacial score (nSPS) is 11.2. The highest BCUT2D eigenvalue weighted by atomic mass is 32.1. The van der Waals surface area contributed by atoms with Crippen molar-refractivity contribution in [3.63, 3.8) is 0 Å². The molecule has 2 heterocycles. The van der Waals surface area contributed by atoms with Crippen LogP contribution in [0.15, 0.2) is 57.1 Å². The fraction of sp³-hybridized carbons (Fsp3) is 0.182. The zero-order chi connectivity index (χ0) is 19.7. The molecule has 2 aromatic heterocycles. The minimum atomic E-state index is -0.425. The van der Waals surface area contributed by atoms with Crippen molar-refractivity contribution >= 4 is 22.3 Å². The molecule has 0 saturated heterocycles. The molecule has 0 spiro atoms. The number of phenolic OH excluding ortho intramolecular Hbond substituents is 1. The first kappa shape index (κ1) is 18.4. The molecule has 0 aliphatic carbocycles. The Bertz CT molecular complexity index is 1200. The second kappa shape index (κ2) is 7.58. The third-order valence-corrected chi connectivity index (χ3v) is 5.45. The van der Waals surface area contributed by atoms with Gasteiger partial charge in [-0.15, -0.1) is 11.3 Å². The van der Waals surface area contributed by atoms with Crippen LogP contribution in [0.2, 0.25) is 0 Å². The molecule has 2 N–H and O–H groups in total. The average Bonchev–Trinajstić information content (AvgIpc) is 3.10. The summed E-state index contributed by atoms with van der Waals surface area (Å²) in [5, 5.41) is 18.0. The van der Waals surface area contributed by atoms with E-state index in [2.05, 4.69) is 10.3 Å². The van der Waals surface area contributed by atoms with E-state index < -0.39 is 5.63 Å². The van der Waals surface area contributed by atoms with Gasteiger partial charge in [-0.1, -0.05) is 30.3 Å². The van der Waals surface area contributed by atoms with E-state index in [4.69, 9.17) is 4.42 Å². The lowest BCUT2D eigenvalue weighted by Gasteiger charge is -2.14. The van der Waals surface area contributed by atoms with Crippen molar-refractivity contribution < 1.29 is 9.52 Å². The number of aromatic nitrogens is 1. The van der Waals surface area contributed by atoms with Crippen LogP contribution in [-0.4, -0.2) is 10.1 Å². The maximum absolute atomic E-state index is 11.9. The Kier molecular flexibility index (Phi) is 4.98. The summed E-state index contributed by atoms with van der Waals surface area (Å²) in [5.41, 5.74) is 3.86. The zero-order valence-electron chi connectivity index (χ0n) is 15.7. The molecular weight excluding hydrogens is 372 g/mol. The van der Waals surface area contributed by atoms with Crippen LogP contribution in [-0.2, 0) is 13.1 Å². The maximum Gasteiger partial charge on any atom is 0.336 e. The first-order valence-corrected chi connectivity index (χ1v) is 9.87. The van der Waals surface area contributed by atoms with E-state index in [1.807, 2.05) is 55.6 Å². The predicted octanol–water partition coefficient (Wildman–Crippen LogP) is 4.53. The minimum Gasteiger partial charge on any atom is -0.507 e. The van der Waals surface area contributed by atoms with E-state index >= 15 is 0 Å². The number of aromatic hydroxyl groups is 1. The summed E-state index contributed by atoms with van der Waals surface area (Å²) in [6.45, 7) is 4.80. The molecule has 0 fully saturated rings. The Morgan fingerprint density at radius 2 is 1.93 bits per heavy atom. The van der Waals surface area contributed by atoms with Crippen molar-refractivity contribution in [3.8, 4) is 17.0 Å². The molecule has 6 heteroatoms. The smallest absolute Gasteiger partial charge is 0.336 e. The number of nitrogens with zero attached hydrogens (tertiary/aromatic N) is 1. The Morgan fingerprint density at radius 3 is 2.64 bits per heavy atom. The van der Waals surface area contributed by atoms with Gasteiger partial charge < -0.3 is 14.8 Å². The summed E-state index contributed by atoms with van der Waals surface area (Å²) in [6.07, 6.45) is 0. The Balaban J connectivity index is 1.80. The van der Waals surface area contributed by atoms with E-state index in [9.17, 15) is 9.90 Å². The van der Waals surface area contributed by atoms with Crippen molar-refractivity contribution in [1.29, 1.82) is 0 Å². The van der Waals surface area contributed by atoms with E-state index in [1.165, 1.54) is 17.4 Å². The Morgan fingerprint density at radius 1 is 1.14 bits per heavy atom. The van der Waals surface area contributed by atoms with Crippen LogP contribution in [0.1, 0.15) is 21.7 Å². The van der Waals surface area contributed by atoms with Gasteiger partial charge in [-0.25, -0.2) is 9.78 Å². The van der Waals surface area contributed by atoms with Gasteiger partial charge in [0.15, 0.2) is 0 Å². The minimum absolute atomic E-state index is 0.0899. The number of nitrogens with one attached hydrogen (secondary N) is 1. The summed E-state index contributed by atoms with van der Waals surface area (Å²) in [6, 6.07) is 13.3. The molecule has 0 bridgehead atoms. The second-order valence-corrected chi connectivity index (χ2v) is 7.78.